The smallest absolute Gasteiger partial charge is 0.144 e. The molecule has 0 aliphatic carbocycles. The highest BCUT2D eigenvalue weighted by Crippen LogP contribution is 2.28. The molecule has 1 atom stereocenters. The number of para-hydroxylation sites is 1. The van der Waals surface area contributed by atoms with Crippen molar-refractivity contribution in [2.75, 3.05) is 26.3 Å². The lowest BCUT2D eigenvalue weighted by Crippen LogP contribution is -2.36. The second kappa shape index (κ2) is 7.05. The minimum absolute atomic E-state index is 0.130. The molecule has 3 rings (SSSR count). The molecule has 6 heteroatoms. The van der Waals surface area contributed by atoms with Gasteiger partial charge in [-0.05, 0) is 13.0 Å². The molecule has 1 fully saturated rings. The molecule has 1 aromatic carbocycles. The number of nitrogens with zero attached hydrogens (tertiary/aromatic N) is 4. The van der Waals surface area contributed by atoms with Crippen LogP contribution in [0, 0.1) is 11.3 Å². The van der Waals surface area contributed by atoms with Gasteiger partial charge in [0.1, 0.15) is 10.9 Å². The molecule has 0 spiro atoms. The SMILES string of the molecule is C[C@H](C#N)Sc1nc(CN2CCOCC2)nc2ccccc12. The summed E-state index contributed by atoms with van der Waals surface area (Å²) in [6.45, 7) is 5.97. The Labute approximate surface area is 134 Å². The van der Waals surface area contributed by atoms with E-state index in [0.717, 1.165) is 54.6 Å². The molecule has 0 radical (unpaired) electrons. The lowest BCUT2D eigenvalue weighted by atomic mass is 10.2. The number of fused-ring (bicyclic) bond motifs is 1. The second-order valence-corrected chi connectivity index (χ2v) is 6.57. The normalized spacial score (nSPS) is 17.3. The summed E-state index contributed by atoms with van der Waals surface area (Å²) in [5.74, 6) is 0.813. The van der Waals surface area contributed by atoms with Gasteiger partial charge >= 0.3 is 0 Å². The molecule has 1 aliphatic heterocycles. The summed E-state index contributed by atoms with van der Waals surface area (Å²) in [5.41, 5.74) is 0.938. The maximum Gasteiger partial charge on any atom is 0.144 e. The fourth-order valence-electron chi connectivity index (χ4n) is 2.41. The van der Waals surface area contributed by atoms with Crippen LogP contribution in [0.1, 0.15) is 12.7 Å². The van der Waals surface area contributed by atoms with Crippen LogP contribution in [-0.4, -0.2) is 46.4 Å². The van der Waals surface area contributed by atoms with Gasteiger partial charge in [0.2, 0.25) is 0 Å². The van der Waals surface area contributed by atoms with Gasteiger partial charge in [-0.3, -0.25) is 4.90 Å². The lowest BCUT2D eigenvalue weighted by Gasteiger charge is -2.26. The molecule has 22 heavy (non-hydrogen) atoms. The summed E-state index contributed by atoms with van der Waals surface area (Å²) in [6.07, 6.45) is 0. The summed E-state index contributed by atoms with van der Waals surface area (Å²) in [7, 11) is 0. The summed E-state index contributed by atoms with van der Waals surface area (Å²) in [5, 5.41) is 10.8. The van der Waals surface area contributed by atoms with Crippen molar-refractivity contribution in [1.29, 1.82) is 5.26 Å². The molecule has 0 amide bonds. The van der Waals surface area contributed by atoms with Crippen LogP contribution in [0.15, 0.2) is 29.3 Å². The summed E-state index contributed by atoms with van der Waals surface area (Å²) in [4.78, 5) is 11.7. The van der Waals surface area contributed by atoms with Crippen LogP contribution >= 0.6 is 11.8 Å². The van der Waals surface area contributed by atoms with Gasteiger partial charge in [-0.1, -0.05) is 30.0 Å². The third kappa shape index (κ3) is 3.55. The highest BCUT2D eigenvalue weighted by molar-refractivity contribution is 8.00. The first-order valence-electron chi connectivity index (χ1n) is 7.38. The average Bonchev–Trinajstić information content (AvgIpc) is 2.55. The first-order valence-corrected chi connectivity index (χ1v) is 8.26. The van der Waals surface area contributed by atoms with Gasteiger partial charge < -0.3 is 4.74 Å². The maximum atomic E-state index is 9.06. The van der Waals surface area contributed by atoms with Crippen molar-refractivity contribution in [2.45, 2.75) is 23.7 Å². The first kappa shape index (κ1) is 15.2. The molecule has 0 saturated carbocycles. The largest absolute Gasteiger partial charge is 0.379 e. The van der Waals surface area contributed by atoms with E-state index in [4.69, 9.17) is 15.0 Å². The Morgan fingerprint density at radius 2 is 2.09 bits per heavy atom. The van der Waals surface area contributed by atoms with Crippen LogP contribution in [0.3, 0.4) is 0 Å². The first-order chi connectivity index (χ1) is 10.8. The Bertz CT molecular complexity index is 694. The Kier molecular flexibility index (Phi) is 4.88. The predicted molar refractivity (Wildman–Crippen MR) is 86.6 cm³/mol. The quantitative estimate of drug-likeness (QED) is 0.638. The van der Waals surface area contributed by atoms with Gasteiger partial charge in [-0.2, -0.15) is 5.26 Å². The Morgan fingerprint density at radius 1 is 1.32 bits per heavy atom. The van der Waals surface area contributed by atoms with Crippen molar-refractivity contribution in [2.24, 2.45) is 0 Å². The summed E-state index contributed by atoms with van der Waals surface area (Å²) in [6, 6.07) is 10.2. The van der Waals surface area contributed by atoms with Crippen LogP contribution in [0.4, 0.5) is 0 Å². The van der Waals surface area contributed by atoms with E-state index >= 15 is 0 Å². The number of thioether (sulfide) groups is 1. The van der Waals surface area contributed by atoms with Crippen molar-refractivity contribution in [3.8, 4) is 6.07 Å². The van der Waals surface area contributed by atoms with E-state index in [0.29, 0.717) is 0 Å². The number of morpholine rings is 1. The van der Waals surface area contributed by atoms with E-state index in [-0.39, 0.29) is 5.25 Å². The summed E-state index contributed by atoms with van der Waals surface area (Å²) >= 11 is 1.49. The van der Waals surface area contributed by atoms with E-state index in [1.807, 2.05) is 31.2 Å². The van der Waals surface area contributed by atoms with Gasteiger partial charge in [0, 0.05) is 18.5 Å². The zero-order valence-electron chi connectivity index (χ0n) is 12.5. The lowest BCUT2D eigenvalue weighted by molar-refractivity contribution is 0.0330. The molecule has 1 aromatic heterocycles. The zero-order chi connectivity index (χ0) is 15.4. The highest BCUT2D eigenvalue weighted by atomic mass is 32.2. The topological polar surface area (TPSA) is 62.0 Å². The third-order valence-electron chi connectivity index (χ3n) is 3.55. The minimum Gasteiger partial charge on any atom is -0.379 e. The molecule has 5 nitrogen and oxygen atoms in total. The van der Waals surface area contributed by atoms with E-state index in [1.54, 1.807) is 0 Å². The van der Waals surface area contributed by atoms with Gasteiger partial charge in [-0.25, -0.2) is 9.97 Å². The monoisotopic (exact) mass is 314 g/mol. The van der Waals surface area contributed by atoms with Crippen LogP contribution in [-0.2, 0) is 11.3 Å². The Balaban J connectivity index is 1.91. The number of nitriles is 1. The summed E-state index contributed by atoms with van der Waals surface area (Å²) < 4.78 is 5.38. The number of hydrogen-bond acceptors (Lipinski definition) is 6. The van der Waals surface area contributed by atoms with Gasteiger partial charge in [-0.15, -0.1) is 0 Å². The van der Waals surface area contributed by atoms with Crippen LogP contribution in [0.2, 0.25) is 0 Å². The molecule has 1 aliphatic rings. The number of ether oxygens (including phenoxy) is 1. The molecule has 2 heterocycles. The average molecular weight is 314 g/mol. The Hall–Kier alpha value is -1.68. The third-order valence-corrected chi connectivity index (χ3v) is 4.55. The highest BCUT2D eigenvalue weighted by Gasteiger charge is 2.15. The van der Waals surface area contributed by atoms with Crippen LogP contribution < -0.4 is 0 Å². The standard InChI is InChI=1S/C16H18N4OS/c1-12(10-17)22-16-13-4-2-3-5-14(13)18-15(19-16)11-20-6-8-21-9-7-20/h2-5,12H,6-9,11H2,1H3/t12-/m1/s1. The van der Waals surface area contributed by atoms with E-state index in [1.165, 1.54) is 11.8 Å². The second-order valence-electron chi connectivity index (χ2n) is 5.24. The molecule has 1 saturated heterocycles. The van der Waals surface area contributed by atoms with Gasteiger partial charge in [0.15, 0.2) is 0 Å². The van der Waals surface area contributed by atoms with Crippen molar-refractivity contribution in [3.63, 3.8) is 0 Å². The van der Waals surface area contributed by atoms with Crippen LogP contribution in [0.25, 0.3) is 10.9 Å². The molecular formula is C16H18N4OS. The fraction of sp³-hybridized carbons (Fsp3) is 0.438. The molecule has 0 N–H and O–H groups in total. The van der Waals surface area contributed by atoms with E-state index < -0.39 is 0 Å². The van der Waals surface area contributed by atoms with Crippen LogP contribution in [0.5, 0.6) is 0 Å². The van der Waals surface area contributed by atoms with Crippen molar-refractivity contribution in [3.05, 3.63) is 30.1 Å². The van der Waals surface area contributed by atoms with E-state index in [2.05, 4.69) is 16.0 Å². The molecule has 114 valence electrons. The molecule has 2 aromatic rings. The molecule has 0 bridgehead atoms. The fourth-order valence-corrected chi connectivity index (χ4v) is 3.25. The predicted octanol–water partition coefficient (Wildman–Crippen LogP) is 2.47. The number of aromatic nitrogens is 2. The molecule has 0 unspecified atom stereocenters. The molecular weight excluding hydrogens is 296 g/mol. The van der Waals surface area contributed by atoms with Crippen molar-refractivity contribution >= 4 is 22.7 Å². The number of benzene rings is 1. The maximum absolute atomic E-state index is 9.06. The van der Waals surface area contributed by atoms with Crippen molar-refractivity contribution < 1.29 is 4.74 Å². The van der Waals surface area contributed by atoms with E-state index in [9.17, 15) is 0 Å². The minimum atomic E-state index is -0.130. The van der Waals surface area contributed by atoms with Gasteiger partial charge in [0.25, 0.3) is 0 Å². The van der Waals surface area contributed by atoms with Crippen molar-refractivity contribution in [1.82, 2.24) is 14.9 Å². The zero-order valence-corrected chi connectivity index (χ0v) is 13.3. The Morgan fingerprint density at radius 3 is 2.86 bits per heavy atom. The number of hydrogen-bond donors (Lipinski definition) is 0. The van der Waals surface area contributed by atoms with Gasteiger partial charge in [0.05, 0.1) is 36.6 Å². The number of rotatable bonds is 4.